The van der Waals surface area contributed by atoms with E-state index in [4.69, 9.17) is 4.74 Å². The highest BCUT2D eigenvalue weighted by atomic mass is 16.5. The predicted molar refractivity (Wildman–Crippen MR) is 84.5 cm³/mol. The summed E-state index contributed by atoms with van der Waals surface area (Å²) in [4.78, 5) is 8.83. The van der Waals surface area contributed by atoms with Gasteiger partial charge in [0.2, 0.25) is 0 Å². The number of ether oxygens (including phenoxy) is 1. The first-order valence-electron chi connectivity index (χ1n) is 7.38. The van der Waals surface area contributed by atoms with Crippen LogP contribution in [0.3, 0.4) is 0 Å². The Kier molecular flexibility index (Phi) is 5.28. The van der Waals surface area contributed by atoms with Crippen LogP contribution in [-0.4, -0.2) is 22.6 Å². The van der Waals surface area contributed by atoms with Crippen LogP contribution >= 0.6 is 0 Å². The molecule has 2 aromatic rings. The lowest BCUT2D eigenvalue weighted by molar-refractivity contribution is 0.242. The Morgan fingerprint density at radius 3 is 2.33 bits per heavy atom. The Morgan fingerprint density at radius 1 is 1.10 bits per heavy atom. The van der Waals surface area contributed by atoms with Crippen molar-refractivity contribution in [2.45, 2.75) is 39.8 Å². The molecule has 0 aliphatic carbocycles. The van der Waals surface area contributed by atoms with Gasteiger partial charge in [-0.1, -0.05) is 19.1 Å². The molecule has 112 valence electrons. The number of hydrogen-bond acceptors (Lipinski definition) is 4. The van der Waals surface area contributed by atoms with Crippen LogP contribution in [0.2, 0.25) is 0 Å². The molecule has 1 aromatic carbocycles. The van der Waals surface area contributed by atoms with E-state index in [1.54, 1.807) is 6.20 Å². The third-order valence-electron chi connectivity index (χ3n) is 3.09. The van der Waals surface area contributed by atoms with E-state index in [-0.39, 0.29) is 12.1 Å². The van der Waals surface area contributed by atoms with Gasteiger partial charge in [0.1, 0.15) is 5.75 Å². The number of aromatic nitrogens is 2. The lowest BCUT2D eigenvalue weighted by Crippen LogP contribution is -2.23. The molecular formula is C17H23N3O. The topological polar surface area (TPSA) is 47.0 Å². The second-order valence-corrected chi connectivity index (χ2v) is 5.31. The summed E-state index contributed by atoms with van der Waals surface area (Å²) >= 11 is 0. The highest BCUT2D eigenvalue weighted by Crippen LogP contribution is 2.23. The van der Waals surface area contributed by atoms with Gasteiger partial charge in [0.05, 0.1) is 29.7 Å². The zero-order chi connectivity index (χ0) is 15.2. The normalized spacial score (nSPS) is 12.4. The molecule has 0 fully saturated rings. The van der Waals surface area contributed by atoms with Gasteiger partial charge in [-0.25, -0.2) is 0 Å². The predicted octanol–water partition coefficient (Wildman–Crippen LogP) is 3.27. The van der Waals surface area contributed by atoms with Gasteiger partial charge in [0, 0.05) is 6.20 Å². The maximum Gasteiger partial charge on any atom is 0.119 e. The molecule has 0 saturated carbocycles. The minimum atomic E-state index is 0.0520. The second kappa shape index (κ2) is 7.18. The summed E-state index contributed by atoms with van der Waals surface area (Å²) in [5.41, 5.74) is 3.01. The summed E-state index contributed by atoms with van der Waals surface area (Å²) in [6, 6.07) is 8.21. The summed E-state index contributed by atoms with van der Waals surface area (Å²) in [6.45, 7) is 8.95. The van der Waals surface area contributed by atoms with E-state index in [1.807, 2.05) is 39.1 Å². The highest BCUT2D eigenvalue weighted by molar-refractivity contribution is 5.33. The average molecular weight is 285 g/mol. The van der Waals surface area contributed by atoms with E-state index >= 15 is 0 Å². The highest BCUT2D eigenvalue weighted by Gasteiger charge is 2.14. The molecule has 1 aromatic heterocycles. The lowest BCUT2D eigenvalue weighted by Gasteiger charge is -2.18. The average Bonchev–Trinajstić information content (AvgIpc) is 2.46. The minimum absolute atomic E-state index is 0.0520. The SMILES string of the molecule is CCNC(c1ccc(OC(C)C)cc1)c1cnc(C)cn1. The van der Waals surface area contributed by atoms with E-state index in [1.165, 1.54) is 0 Å². The number of benzene rings is 1. The molecule has 0 bridgehead atoms. The molecule has 0 spiro atoms. The van der Waals surface area contributed by atoms with Crippen LogP contribution < -0.4 is 10.1 Å². The van der Waals surface area contributed by atoms with Crippen molar-refractivity contribution in [2.75, 3.05) is 6.54 Å². The molecule has 1 atom stereocenters. The van der Waals surface area contributed by atoms with Crippen molar-refractivity contribution >= 4 is 0 Å². The summed E-state index contributed by atoms with van der Waals surface area (Å²) in [6.07, 6.45) is 3.82. The Labute approximate surface area is 126 Å². The van der Waals surface area contributed by atoms with Crippen molar-refractivity contribution in [1.29, 1.82) is 0 Å². The van der Waals surface area contributed by atoms with Crippen molar-refractivity contribution in [3.05, 3.63) is 53.6 Å². The van der Waals surface area contributed by atoms with Crippen LogP contribution in [0.1, 0.15) is 43.8 Å². The molecule has 4 nitrogen and oxygen atoms in total. The van der Waals surface area contributed by atoms with Gasteiger partial charge in [-0.3, -0.25) is 9.97 Å². The maximum absolute atomic E-state index is 5.68. The molecule has 0 saturated heterocycles. The molecule has 1 heterocycles. The number of nitrogens with zero attached hydrogens (tertiary/aromatic N) is 2. The van der Waals surface area contributed by atoms with Crippen molar-refractivity contribution in [3.63, 3.8) is 0 Å². The van der Waals surface area contributed by atoms with Gasteiger partial charge in [-0.05, 0) is 45.0 Å². The molecular weight excluding hydrogens is 262 g/mol. The third kappa shape index (κ3) is 4.26. The van der Waals surface area contributed by atoms with Crippen LogP contribution in [0.4, 0.5) is 0 Å². The quantitative estimate of drug-likeness (QED) is 0.885. The van der Waals surface area contributed by atoms with E-state index in [0.29, 0.717) is 0 Å². The largest absolute Gasteiger partial charge is 0.491 e. The van der Waals surface area contributed by atoms with Crippen molar-refractivity contribution in [3.8, 4) is 5.75 Å². The van der Waals surface area contributed by atoms with Crippen molar-refractivity contribution in [2.24, 2.45) is 0 Å². The Bertz CT molecular complexity index is 549. The van der Waals surface area contributed by atoms with Crippen molar-refractivity contribution < 1.29 is 4.74 Å². The first-order chi connectivity index (χ1) is 10.1. The smallest absolute Gasteiger partial charge is 0.119 e. The molecule has 0 radical (unpaired) electrons. The first-order valence-corrected chi connectivity index (χ1v) is 7.38. The molecule has 0 amide bonds. The molecule has 0 aliphatic heterocycles. The van der Waals surface area contributed by atoms with E-state index in [9.17, 15) is 0 Å². The van der Waals surface area contributed by atoms with Gasteiger partial charge in [-0.2, -0.15) is 0 Å². The zero-order valence-corrected chi connectivity index (χ0v) is 13.1. The van der Waals surface area contributed by atoms with Gasteiger partial charge in [0.15, 0.2) is 0 Å². The van der Waals surface area contributed by atoms with Gasteiger partial charge >= 0.3 is 0 Å². The molecule has 1 unspecified atom stereocenters. The van der Waals surface area contributed by atoms with Gasteiger partial charge in [-0.15, -0.1) is 0 Å². The molecule has 21 heavy (non-hydrogen) atoms. The van der Waals surface area contributed by atoms with Crippen LogP contribution in [0.25, 0.3) is 0 Å². The van der Waals surface area contributed by atoms with E-state index in [0.717, 1.165) is 29.2 Å². The fraction of sp³-hybridized carbons (Fsp3) is 0.412. The number of aryl methyl sites for hydroxylation is 1. The van der Waals surface area contributed by atoms with E-state index in [2.05, 4.69) is 34.3 Å². The molecule has 4 heteroatoms. The van der Waals surface area contributed by atoms with Crippen LogP contribution in [0.15, 0.2) is 36.7 Å². The summed E-state index contributed by atoms with van der Waals surface area (Å²) in [7, 11) is 0. The van der Waals surface area contributed by atoms with Gasteiger partial charge in [0.25, 0.3) is 0 Å². The lowest BCUT2D eigenvalue weighted by atomic mass is 10.0. The number of hydrogen-bond donors (Lipinski definition) is 1. The summed E-state index contributed by atoms with van der Waals surface area (Å²) in [5, 5.41) is 3.45. The van der Waals surface area contributed by atoms with Crippen LogP contribution in [-0.2, 0) is 0 Å². The zero-order valence-electron chi connectivity index (χ0n) is 13.1. The summed E-state index contributed by atoms with van der Waals surface area (Å²) in [5.74, 6) is 0.888. The molecule has 0 aliphatic rings. The van der Waals surface area contributed by atoms with Crippen LogP contribution in [0.5, 0.6) is 5.75 Å². The molecule has 1 N–H and O–H groups in total. The standard InChI is InChI=1S/C17H23N3O/c1-5-18-17(16-11-19-13(4)10-20-16)14-6-8-15(9-7-14)21-12(2)3/h6-12,17-18H,5H2,1-4H3. The summed E-state index contributed by atoms with van der Waals surface area (Å²) < 4.78 is 5.68. The fourth-order valence-corrected chi connectivity index (χ4v) is 2.16. The second-order valence-electron chi connectivity index (χ2n) is 5.31. The first kappa shape index (κ1) is 15.4. The Balaban J connectivity index is 2.23. The Hall–Kier alpha value is -1.94. The third-order valence-corrected chi connectivity index (χ3v) is 3.09. The fourth-order valence-electron chi connectivity index (χ4n) is 2.16. The Morgan fingerprint density at radius 2 is 1.81 bits per heavy atom. The minimum Gasteiger partial charge on any atom is -0.491 e. The monoisotopic (exact) mass is 285 g/mol. The number of rotatable bonds is 6. The van der Waals surface area contributed by atoms with Gasteiger partial charge < -0.3 is 10.1 Å². The maximum atomic E-state index is 5.68. The van der Waals surface area contributed by atoms with Crippen molar-refractivity contribution in [1.82, 2.24) is 15.3 Å². The van der Waals surface area contributed by atoms with Crippen LogP contribution in [0, 0.1) is 6.92 Å². The van der Waals surface area contributed by atoms with E-state index < -0.39 is 0 Å². The molecule has 2 rings (SSSR count). The number of nitrogens with one attached hydrogen (secondary N) is 1.